The summed E-state index contributed by atoms with van der Waals surface area (Å²) in [5, 5.41) is 7.00. The van der Waals surface area contributed by atoms with Gasteiger partial charge in [0, 0.05) is 36.4 Å². The Balaban J connectivity index is 0.00000103. The summed E-state index contributed by atoms with van der Waals surface area (Å²) < 4.78 is 40.2. The van der Waals surface area contributed by atoms with Crippen molar-refractivity contribution in [1.82, 2.24) is 14.4 Å². The molecule has 0 radical (unpaired) electrons. The highest BCUT2D eigenvalue weighted by atomic mass is 19.4. The molecule has 1 N–H and O–H groups in total. The van der Waals surface area contributed by atoms with E-state index in [9.17, 15) is 18.0 Å². The van der Waals surface area contributed by atoms with Gasteiger partial charge in [0.15, 0.2) is 0 Å². The zero-order valence-corrected chi connectivity index (χ0v) is 21.2. The van der Waals surface area contributed by atoms with E-state index < -0.39 is 18.5 Å². The second-order valence-corrected chi connectivity index (χ2v) is 8.42. The van der Waals surface area contributed by atoms with Gasteiger partial charge in [0.25, 0.3) is 0 Å². The monoisotopic (exact) mass is 491 g/mol. The van der Waals surface area contributed by atoms with Crippen LogP contribution in [0, 0.1) is 13.8 Å². The van der Waals surface area contributed by atoms with E-state index >= 15 is 0 Å². The van der Waals surface area contributed by atoms with Crippen LogP contribution in [-0.2, 0) is 17.6 Å². The number of alkyl halides is 3. The molecule has 0 bridgehead atoms. The molecule has 0 spiro atoms. The number of hydrogen-bond acceptors (Lipinski definition) is 4. The molecule has 8 heteroatoms. The molecule has 35 heavy (non-hydrogen) atoms. The van der Waals surface area contributed by atoms with Gasteiger partial charge in [-0.05, 0) is 57.9 Å². The summed E-state index contributed by atoms with van der Waals surface area (Å²) in [6, 6.07) is 8.01. The molecule has 1 aliphatic rings. The van der Waals surface area contributed by atoms with E-state index in [4.69, 9.17) is 10.1 Å². The highest BCUT2D eigenvalue weighted by molar-refractivity contribution is 5.75. The van der Waals surface area contributed by atoms with Crippen molar-refractivity contribution >= 4 is 12.1 Å². The fourth-order valence-electron chi connectivity index (χ4n) is 4.58. The van der Waals surface area contributed by atoms with Gasteiger partial charge < -0.3 is 9.90 Å². The quantitative estimate of drug-likeness (QED) is 0.398. The summed E-state index contributed by atoms with van der Waals surface area (Å²) in [7, 11) is 1.00. The highest BCUT2D eigenvalue weighted by Crippen LogP contribution is 2.37. The number of aliphatic hydroxyl groups excluding tert-OH is 1. The molecule has 0 amide bonds. The first-order chi connectivity index (χ1) is 16.8. The lowest BCUT2D eigenvalue weighted by atomic mass is 9.89. The summed E-state index contributed by atoms with van der Waals surface area (Å²) in [6.45, 7) is 7.82. The molecule has 4 rings (SSSR count). The number of aldehydes is 1. The molecule has 3 aromatic rings. The fraction of sp³-hybridized carbons (Fsp3) is 0.519. The van der Waals surface area contributed by atoms with Gasteiger partial charge in [0.2, 0.25) is 5.78 Å². The summed E-state index contributed by atoms with van der Waals surface area (Å²) in [6.07, 6.45) is -0.417. The van der Waals surface area contributed by atoms with E-state index in [2.05, 4.69) is 4.98 Å². The first kappa shape index (κ1) is 28.5. The van der Waals surface area contributed by atoms with Crippen molar-refractivity contribution in [2.24, 2.45) is 0 Å². The van der Waals surface area contributed by atoms with Crippen LogP contribution in [0.25, 0.3) is 17.0 Å². The highest BCUT2D eigenvalue weighted by Gasteiger charge is 2.30. The lowest BCUT2D eigenvalue weighted by molar-refractivity contribution is -0.136. The Labute approximate surface area is 205 Å². The van der Waals surface area contributed by atoms with Crippen molar-refractivity contribution in [3.63, 3.8) is 0 Å². The number of imidazole rings is 1. The number of carbonyl (C=O) groups is 1. The number of aliphatic hydroxyl groups is 1. The number of aromatic nitrogens is 3. The molecule has 1 aromatic carbocycles. The van der Waals surface area contributed by atoms with Crippen LogP contribution in [0.3, 0.4) is 0 Å². The normalized spacial score (nSPS) is 13.7. The van der Waals surface area contributed by atoms with Gasteiger partial charge in [0.05, 0.1) is 11.4 Å². The molecule has 192 valence electrons. The lowest BCUT2D eigenvalue weighted by Gasteiger charge is -2.21. The van der Waals surface area contributed by atoms with E-state index in [-0.39, 0.29) is 12.8 Å². The van der Waals surface area contributed by atoms with Gasteiger partial charge in [-0.3, -0.25) is 4.40 Å². The van der Waals surface area contributed by atoms with E-state index in [1.54, 1.807) is 0 Å². The summed E-state index contributed by atoms with van der Waals surface area (Å²) >= 11 is 0. The van der Waals surface area contributed by atoms with Crippen molar-refractivity contribution in [1.29, 1.82) is 0 Å². The molecule has 1 unspecified atom stereocenters. The van der Waals surface area contributed by atoms with Gasteiger partial charge in [-0.25, -0.2) is 9.97 Å². The van der Waals surface area contributed by atoms with Crippen molar-refractivity contribution < 1.29 is 23.1 Å². The van der Waals surface area contributed by atoms with Gasteiger partial charge >= 0.3 is 6.18 Å². The number of nitrogens with zero attached hydrogens (tertiary/aromatic N) is 3. The number of halogens is 3. The average Bonchev–Trinajstić information content (AvgIpc) is 3.22. The molecule has 0 saturated heterocycles. The van der Waals surface area contributed by atoms with Crippen LogP contribution in [0.2, 0.25) is 0 Å². The predicted octanol–water partition coefficient (Wildman–Crippen LogP) is 6.54. The van der Waals surface area contributed by atoms with Gasteiger partial charge in [-0.15, -0.1) is 0 Å². The maximum Gasteiger partial charge on any atom is 0.389 e. The summed E-state index contributed by atoms with van der Waals surface area (Å²) in [5.74, 6) is -0.0548. The molecule has 0 saturated carbocycles. The van der Waals surface area contributed by atoms with Crippen LogP contribution >= 0.6 is 0 Å². The Bertz CT molecular complexity index is 1110. The molecule has 2 aromatic heterocycles. The van der Waals surface area contributed by atoms with Crippen LogP contribution in [0.15, 0.2) is 24.3 Å². The minimum absolute atomic E-state index is 0.0975. The minimum atomic E-state index is -4.23. The summed E-state index contributed by atoms with van der Waals surface area (Å²) in [5.41, 5.74) is 6.35. The number of carbonyl (C=O) groups excluding carboxylic acids is 1. The molecule has 0 fully saturated rings. The molecule has 0 aliphatic heterocycles. The van der Waals surface area contributed by atoms with Crippen molar-refractivity contribution in [3.8, 4) is 11.3 Å². The molecule has 5 nitrogen and oxygen atoms in total. The van der Waals surface area contributed by atoms with Crippen LogP contribution in [-0.4, -0.2) is 39.0 Å². The number of fused-ring (bicyclic) bond motifs is 3. The minimum Gasteiger partial charge on any atom is -0.400 e. The Morgan fingerprint density at radius 1 is 1.06 bits per heavy atom. The fourth-order valence-corrected chi connectivity index (χ4v) is 4.58. The molecular weight excluding hydrogens is 455 g/mol. The van der Waals surface area contributed by atoms with Crippen LogP contribution < -0.4 is 0 Å². The molecule has 1 aliphatic carbocycles. The lowest BCUT2D eigenvalue weighted by Crippen LogP contribution is -2.14. The van der Waals surface area contributed by atoms with Crippen LogP contribution in [0.5, 0.6) is 0 Å². The maximum atomic E-state index is 12.7. The maximum absolute atomic E-state index is 12.7. The zero-order valence-electron chi connectivity index (χ0n) is 21.2. The standard InChI is InChI=1S/C24H26F3N3O.C2H6.CH4O/c1-15-9-11-17(12-10-15)22-21(18(14-31)6-5-13-24(25,26)27)16(2)28-23-29-19-7-3-4-8-20(19)30(22)23;2*1-2/h9-12,14,18H,3-8,13H2,1-2H3;1-2H3;2H,1H3. The molecule has 2 heterocycles. The topological polar surface area (TPSA) is 67.5 Å². The molecule has 1 atom stereocenters. The van der Waals surface area contributed by atoms with Crippen LogP contribution in [0.1, 0.15) is 80.1 Å². The summed E-state index contributed by atoms with van der Waals surface area (Å²) in [4.78, 5) is 21.5. The second-order valence-electron chi connectivity index (χ2n) is 8.42. The number of benzene rings is 1. The first-order valence-corrected chi connectivity index (χ1v) is 12.2. The number of aryl methyl sites for hydroxylation is 4. The van der Waals surface area contributed by atoms with E-state index in [0.717, 1.165) is 67.3 Å². The van der Waals surface area contributed by atoms with Gasteiger partial charge in [-0.2, -0.15) is 13.2 Å². The third-order valence-electron chi connectivity index (χ3n) is 6.09. The van der Waals surface area contributed by atoms with E-state index in [0.29, 0.717) is 17.0 Å². The van der Waals surface area contributed by atoms with E-state index in [1.807, 2.05) is 56.4 Å². The smallest absolute Gasteiger partial charge is 0.389 e. The molecular formula is C27H36F3N3O2. The van der Waals surface area contributed by atoms with Gasteiger partial charge in [-0.1, -0.05) is 43.7 Å². The third-order valence-corrected chi connectivity index (χ3v) is 6.09. The number of hydrogen-bond donors (Lipinski definition) is 1. The second kappa shape index (κ2) is 12.8. The predicted molar refractivity (Wildman–Crippen MR) is 133 cm³/mol. The SMILES string of the molecule is CC.CO.Cc1ccc(-c2c(C(C=O)CCCC(F)(F)F)c(C)nc3nc4c(n23)CCCC4)cc1. The van der Waals surface area contributed by atoms with E-state index in [1.165, 1.54) is 0 Å². The Morgan fingerprint density at radius 2 is 1.69 bits per heavy atom. The van der Waals surface area contributed by atoms with Crippen molar-refractivity contribution in [3.05, 3.63) is 52.5 Å². The third kappa shape index (κ3) is 6.69. The zero-order chi connectivity index (χ0) is 26.2. The van der Waals surface area contributed by atoms with Crippen molar-refractivity contribution in [2.45, 2.75) is 84.7 Å². The largest absolute Gasteiger partial charge is 0.400 e. The Hall–Kier alpha value is -2.74. The van der Waals surface area contributed by atoms with Crippen molar-refractivity contribution in [2.75, 3.05) is 7.11 Å². The number of rotatable bonds is 6. The Kier molecular flexibility index (Phi) is 10.4. The van der Waals surface area contributed by atoms with Crippen LogP contribution in [0.4, 0.5) is 13.2 Å². The average molecular weight is 492 g/mol. The Morgan fingerprint density at radius 3 is 2.29 bits per heavy atom. The van der Waals surface area contributed by atoms with Gasteiger partial charge in [0.1, 0.15) is 6.29 Å². The first-order valence-electron chi connectivity index (χ1n) is 12.2.